The van der Waals surface area contributed by atoms with Gasteiger partial charge in [-0.25, -0.2) is 4.98 Å². The zero-order valence-electron chi connectivity index (χ0n) is 10.2. The monoisotopic (exact) mass is 251 g/mol. The molecule has 2 rings (SSSR count). The summed E-state index contributed by atoms with van der Waals surface area (Å²) in [6.07, 6.45) is 5.94. The lowest BCUT2D eigenvalue weighted by Gasteiger charge is -2.01. The van der Waals surface area contributed by atoms with Crippen LogP contribution in [-0.2, 0) is 13.0 Å². The fraction of sp³-hybridized carbons (Fsp3) is 0.545. The molecule has 0 saturated heterocycles. The van der Waals surface area contributed by atoms with Gasteiger partial charge in [0, 0.05) is 30.7 Å². The minimum atomic E-state index is 0.821. The molecule has 0 aromatic carbocycles. The van der Waals surface area contributed by atoms with Crippen LogP contribution in [0.2, 0.25) is 0 Å². The molecule has 1 N–H and O–H groups in total. The van der Waals surface area contributed by atoms with E-state index in [1.165, 1.54) is 17.1 Å². The summed E-state index contributed by atoms with van der Waals surface area (Å²) in [5, 5.41) is 8.39. The molecule has 0 unspecified atom stereocenters. The topological polar surface area (TPSA) is 55.6 Å². The molecule has 0 aliphatic heterocycles. The molecule has 5 nitrogen and oxygen atoms in total. The van der Waals surface area contributed by atoms with Gasteiger partial charge >= 0.3 is 0 Å². The van der Waals surface area contributed by atoms with Crippen molar-refractivity contribution in [3.63, 3.8) is 0 Å². The number of hydrogen-bond acceptors (Lipinski definition) is 5. The number of hydrogen-bond donors (Lipinski definition) is 1. The number of rotatable bonds is 6. The largest absolute Gasteiger partial charge is 0.358 e. The van der Waals surface area contributed by atoms with Crippen LogP contribution in [0.25, 0.3) is 0 Å². The first kappa shape index (κ1) is 12.0. The van der Waals surface area contributed by atoms with Crippen molar-refractivity contribution in [3.05, 3.63) is 23.8 Å². The van der Waals surface area contributed by atoms with Crippen molar-refractivity contribution < 1.29 is 0 Å². The van der Waals surface area contributed by atoms with Gasteiger partial charge in [-0.15, -0.1) is 0 Å². The summed E-state index contributed by atoms with van der Waals surface area (Å²) in [5.74, 6) is 0.940. The van der Waals surface area contributed by atoms with Crippen LogP contribution < -0.4 is 5.32 Å². The Morgan fingerprint density at radius 3 is 3.06 bits per heavy atom. The molecule has 92 valence electrons. The number of nitrogens with zero attached hydrogens (tertiary/aromatic N) is 4. The van der Waals surface area contributed by atoms with E-state index in [1.807, 2.05) is 24.0 Å². The molecule has 0 aliphatic carbocycles. The predicted octanol–water partition coefficient (Wildman–Crippen LogP) is 2.11. The first-order chi connectivity index (χ1) is 8.28. The second kappa shape index (κ2) is 5.77. The number of aryl methyl sites for hydroxylation is 2. The second-order valence-corrected chi connectivity index (χ2v) is 4.73. The highest BCUT2D eigenvalue weighted by Crippen LogP contribution is 2.11. The zero-order valence-corrected chi connectivity index (χ0v) is 11.0. The van der Waals surface area contributed by atoms with Gasteiger partial charge in [-0.05, 0) is 18.9 Å². The van der Waals surface area contributed by atoms with Crippen molar-refractivity contribution in [1.82, 2.24) is 19.1 Å². The normalized spacial score (nSPS) is 10.7. The van der Waals surface area contributed by atoms with Crippen molar-refractivity contribution in [2.75, 3.05) is 11.9 Å². The van der Waals surface area contributed by atoms with Gasteiger partial charge in [0.2, 0.25) is 5.13 Å². The Balaban J connectivity index is 1.77. The quantitative estimate of drug-likeness (QED) is 0.854. The molecule has 0 aliphatic rings. The third-order valence-electron chi connectivity index (χ3n) is 2.32. The number of anilines is 1. The molecule has 17 heavy (non-hydrogen) atoms. The molecule has 0 bridgehead atoms. The summed E-state index contributed by atoms with van der Waals surface area (Å²) in [7, 11) is 0. The van der Waals surface area contributed by atoms with Crippen molar-refractivity contribution >= 4 is 16.7 Å². The van der Waals surface area contributed by atoms with Crippen LogP contribution in [0, 0.1) is 6.92 Å². The summed E-state index contributed by atoms with van der Waals surface area (Å²) in [6, 6.07) is 0. The number of aromatic nitrogens is 4. The fourth-order valence-corrected chi connectivity index (χ4v) is 2.15. The van der Waals surface area contributed by atoms with E-state index in [4.69, 9.17) is 0 Å². The minimum absolute atomic E-state index is 0.821. The second-order valence-electron chi connectivity index (χ2n) is 3.97. The van der Waals surface area contributed by atoms with Crippen LogP contribution in [0.3, 0.4) is 0 Å². The highest BCUT2D eigenvalue weighted by Gasteiger charge is 2.02. The fourth-order valence-electron chi connectivity index (χ4n) is 1.52. The maximum atomic E-state index is 4.40. The van der Waals surface area contributed by atoms with Crippen molar-refractivity contribution in [3.8, 4) is 0 Å². The Bertz CT molecular complexity index is 462. The lowest BCUT2D eigenvalue weighted by atomic mass is 10.3. The molecule has 0 atom stereocenters. The first-order valence-corrected chi connectivity index (χ1v) is 6.61. The molecular weight excluding hydrogens is 234 g/mol. The zero-order chi connectivity index (χ0) is 12.1. The van der Waals surface area contributed by atoms with Crippen LogP contribution in [0.15, 0.2) is 12.4 Å². The molecule has 2 aromatic rings. The van der Waals surface area contributed by atoms with E-state index in [0.29, 0.717) is 0 Å². The minimum Gasteiger partial charge on any atom is -0.358 e. The van der Waals surface area contributed by atoms with Gasteiger partial charge in [0.1, 0.15) is 5.82 Å². The van der Waals surface area contributed by atoms with Gasteiger partial charge in [-0.1, -0.05) is 6.92 Å². The van der Waals surface area contributed by atoms with Gasteiger partial charge < -0.3 is 5.32 Å². The Labute approximate surface area is 105 Å². The highest BCUT2D eigenvalue weighted by molar-refractivity contribution is 7.09. The third-order valence-corrected chi connectivity index (χ3v) is 3.03. The van der Waals surface area contributed by atoms with E-state index in [1.54, 1.807) is 0 Å². The molecule has 0 spiro atoms. The predicted molar refractivity (Wildman–Crippen MR) is 69.4 cm³/mol. The summed E-state index contributed by atoms with van der Waals surface area (Å²) in [5.41, 5.74) is 1.19. The third kappa shape index (κ3) is 3.52. The maximum absolute atomic E-state index is 4.40. The van der Waals surface area contributed by atoms with Gasteiger partial charge in [0.25, 0.3) is 0 Å². The summed E-state index contributed by atoms with van der Waals surface area (Å²) < 4.78 is 6.21. The molecule has 2 aromatic heterocycles. The standard InChI is InChI=1S/C11H17N5S/c1-3-4-10-14-11(17-15-10)12-5-6-16-8-9(2)7-13-16/h7-8H,3-6H2,1-2H3,(H,12,14,15). The number of nitrogens with one attached hydrogen (secondary N) is 1. The van der Waals surface area contributed by atoms with Gasteiger partial charge in [-0.3, -0.25) is 4.68 Å². The molecule has 0 saturated carbocycles. The van der Waals surface area contributed by atoms with Crippen LogP contribution in [-0.4, -0.2) is 25.7 Å². The van der Waals surface area contributed by atoms with E-state index in [-0.39, 0.29) is 0 Å². The van der Waals surface area contributed by atoms with E-state index in [0.717, 1.165) is 36.9 Å². The lowest BCUT2D eigenvalue weighted by Crippen LogP contribution is -2.10. The van der Waals surface area contributed by atoms with E-state index in [9.17, 15) is 0 Å². The molecule has 0 fully saturated rings. The SMILES string of the molecule is CCCc1nsc(NCCn2cc(C)cn2)n1. The van der Waals surface area contributed by atoms with Crippen molar-refractivity contribution in [1.29, 1.82) is 0 Å². The molecular formula is C11H17N5S. The lowest BCUT2D eigenvalue weighted by molar-refractivity contribution is 0.637. The smallest absolute Gasteiger partial charge is 0.202 e. The van der Waals surface area contributed by atoms with Gasteiger partial charge in [-0.2, -0.15) is 9.47 Å². The van der Waals surface area contributed by atoms with Crippen LogP contribution >= 0.6 is 11.5 Å². The average Bonchev–Trinajstić information content (AvgIpc) is 2.89. The van der Waals surface area contributed by atoms with Crippen LogP contribution in [0.1, 0.15) is 24.7 Å². The molecule has 0 radical (unpaired) electrons. The van der Waals surface area contributed by atoms with E-state index >= 15 is 0 Å². The Kier molecular flexibility index (Phi) is 4.08. The molecule has 6 heteroatoms. The summed E-state index contributed by atoms with van der Waals surface area (Å²) in [6.45, 7) is 5.84. The Hall–Kier alpha value is -1.43. The van der Waals surface area contributed by atoms with E-state index < -0.39 is 0 Å². The van der Waals surface area contributed by atoms with Crippen molar-refractivity contribution in [2.45, 2.75) is 33.2 Å². The van der Waals surface area contributed by atoms with Crippen LogP contribution in [0.5, 0.6) is 0 Å². The average molecular weight is 251 g/mol. The van der Waals surface area contributed by atoms with Crippen molar-refractivity contribution in [2.24, 2.45) is 0 Å². The Morgan fingerprint density at radius 2 is 2.35 bits per heavy atom. The highest BCUT2D eigenvalue weighted by atomic mass is 32.1. The van der Waals surface area contributed by atoms with Gasteiger partial charge in [0.05, 0.1) is 12.7 Å². The molecule has 0 amide bonds. The molecule has 2 heterocycles. The summed E-state index contributed by atoms with van der Waals surface area (Å²) in [4.78, 5) is 4.40. The van der Waals surface area contributed by atoms with Crippen LogP contribution in [0.4, 0.5) is 5.13 Å². The van der Waals surface area contributed by atoms with Gasteiger partial charge in [0.15, 0.2) is 0 Å². The van der Waals surface area contributed by atoms with E-state index in [2.05, 4.69) is 26.7 Å². The maximum Gasteiger partial charge on any atom is 0.202 e. The Morgan fingerprint density at radius 1 is 1.47 bits per heavy atom. The summed E-state index contributed by atoms with van der Waals surface area (Å²) >= 11 is 1.43. The first-order valence-electron chi connectivity index (χ1n) is 5.83.